The van der Waals surface area contributed by atoms with Gasteiger partial charge in [-0.05, 0) is 12.1 Å². The number of aromatic hydroxyl groups is 2. The van der Waals surface area contributed by atoms with Gasteiger partial charge in [-0.3, -0.25) is 9.79 Å². The first kappa shape index (κ1) is 12.4. The van der Waals surface area contributed by atoms with Crippen molar-refractivity contribution >= 4 is 23.3 Å². The van der Waals surface area contributed by atoms with Crippen LogP contribution < -0.4 is 0 Å². The molecule has 1 heterocycles. The molecule has 3 N–H and O–H groups in total. The Bertz CT molecular complexity index is 406. The second kappa shape index (κ2) is 6.02. The minimum Gasteiger partial charge on any atom is -0.508 e. The van der Waals surface area contributed by atoms with Crippen LogP contribution in [0.5, 0.6) is 11.5 Å². The maximum Gasteiger partial charge on any atom is 0.290 e. The average Bonchev–Trinajstić information content (AvgIpc) is 2.72. The Hall–Kier alpha value is -1.69. The standard InChI is InChI=1S/C9H9NO2S.CH2O2/c11-6-1-2-7(8(12)5-6)9-10-3-4-13-9;2-1-3/h1-2,5,11-12H,3-4H2;1H,(H,2,3). The van der Waals surface area contributed by atoms with E-state index in [9.17, 15) is 5.11 Å². The summed E-state index contributed by atoms with van der Waals surface area (Å²) in [5, 5.41) is 26.3. The van der Waals surface area contributed by atoms with Crippen molar-refractivity contribution in [1.82, 2.24) is 0 Å². The maximum absolute atomic E-state index is 9.50. The lowest BCUT2D eigenvalue weighted by Gasteiger charge is -2.03. The van der Waals surface area contributed by atoms with E-state index >= 15 is 0 Å². The number of hydrogen-bond donors (Lipinski definition) is 3. The largest absolute Gasteiger partial charge is 0.508 e. The smallest absolute Gasteiger partial charge is 0.290 e. The molecule has 0 bridgehead atoms. The number of carboxylic acid groups (broad SMARTS) is 1. The minimum absolute atomic E-state index is 0.0739. The second-order valence-corrected chi connectivity index (χ2v) is 3.93. The lowest BCUT2D eigenvalue weighted by Crippen LogP contribution is -1.91. The number of phenolic OH excluding ortho intramolecular Hbond substituents is 2. The molecule has 0 saturated carbocycles. The topological polar surface area (TPSA) is 90.1 Å². The van der Waals surface area contributed by atoms with Gasteiger partial charge in [-0.15, -0.1) is 11.8 Å². The van der Waals surface area contributed by atoms with E-state index in [4.69, 9.17) is 15.0 Å². The van der Waals surface area contributed by atoms with Crippen LogP contribution in [0.4, 0.5) is 0 Å². The Morgan fingerprint density at radius 1 is 1.38 bits per heavy atom. The summed E-state index contributed by atoms with van der Waals surface area (Å²) in [4.78, 5) is 12.6. The predicted octanol–water partition coefficient (Wildman–Crippen LogP) is 1.29. The molecule has 0 aromatic heterocycles. The number of nitrogens with zero attached hydrogens (tertiary/aromatic N) is 1. The molecule has 1 aromatic carbocycles. The summed E-state index contributed by atoms with van der Waals surface area (Å²) < 4.78 is 0. The van der Waals surface area contributed by atoms with E-state index in [2.05, 4.69) is 4.99 Å². The van der Waals surface area contributed by atoms with Crippen LogP contribution in [0.2, 0.25) is 0 Å². The number of carbonyl (C=O) groups is 1. The van der Waals surface area contributed by atoms with Crippen molar-refractivity contribution in [3.8, 4) is 11.5 Å². The van der Waals surface area contributed by atoms with Crippen LogP contribution >= 0.6 is 11.8 Å². The van der Waals surface area contributed by atoms with Gasteiger partial charge in [0, 0.05) is 23.9 Å². The van der Waals surface area contributed by atoms with Gasteiger partial charge in [-0.25, -0.2) is 0 Å². The first-order valence-corrected chi connectivity index (χ1v) is 5.45. The third kappa shape index (κ3) is 3.16. The molecule has 0 aliphatic carbocycles. The fraction of sp³-hybridized carbons (Fsp3) is 0.200. The van der Waals surface area contributed by atoms with Gasteiger partial charge in [-0.1, -0.05) is 0 Å². The molecule has 6 heteroatoms. The van der Waals surface area contributed by atoms with Crippen LogP contribution in [0, 0.1) is 0 Å². The number of aliphatic imine (C=N–C) groups is 1. The zero-order valence-electron chi connectivity index (χ0n) is 8.33. The summed E-state index contributed by atoms with van der Waals surface area (Å²) >= 11 is 1.62. The van der Waals surface area contributed by atoms with Crippen LogP contribution in [0.1, 0.15) is 5.56 Å². The van der Waals surface area contributed by atoms with Gasteiger partial charge in [0.15, 0.2) is 0 Å². The van der Waals surface area contributed by atoms with Crippen molar-refractivity contribution in [2.24, 2.45) is 4.99 Å². The highest BCUT2D eigenvalue weighted by Crippen LogP contribution is 2.28. The van der Waals surface area contributed by atoms with Gasteiger partial charge in [-0.2, -0.15) is 0 Å². The third-order valence-electron chi connectivity index (χ3n) is 1.80. The minimum atomic E-state index is -0.250. The van der Waals surface area contributed by atoms with Crippen LogP contribution in [0.15, 0.2) is 23.2 Å². The van der Waals surface area contributed by atoms with Crippen molar-refractivity contribution in [1.29, 1.82) is 0 Å². The van der Waals surface area contributed by atoms with E-state index in [1.165, 1.54) is 6.07 Å². The summed E-state index contributed by atoms with van der Waals surface area (Å²) in [6, 6.07) is 4.56. The number of rotatable bonds is 1. The molecule has 1 aliphatic heterocycles. The molecule has 0 fully saturated rings. The third-order valence-corrected chi connectivity index (χ3v) is 2.81. The molecular weight excluding hydrogens is 230 g/mol. The van der Waals surface area contributed by atoms with Crippen molar-refractivity contribution in [3.63, 3.8) is 0 Å². The molecule has 0 spiro atoms. The van der Waals surface area contributed by atoms with Gasteiger partial charge in [0.25, 0.3) is 6.47 Å². The Labute approximate surface area is 96.5 Å². The Kier molecular flexibility index (Phi) is 4.65. The van der Waals surface area contributed by atoms with Crippen molar-refractivity contribution in [2.45, 2.75) is 0 Å². The van der Waals surface area contributed by atoms with Crippen molar-refractivity contribution in [3.05, 3.63) is 23.8 Å². The van der Waals surface area contributed by atoms with Gasteiger partial charge >= 0.3 is 0 Å². The molecule has 0 radical (unpaired) electrons. The molecule has 5 nitrogen and oxygen atoms in total. The van der Waals surface area contributed by atoms with Crippen molar-refractivity contribution in [2.75, 3.05) is 12.3 Å². The average molecular weight is 241 g/mol. The zero-order valence-corrected chi connectivity index (χ0v) is 9.15. The van der Waals surface area contributed by atoms with E-state index in [0.717, 1.165) is 17.3 Å². The summed E-state index contributed by atoms with van der Waals surface area (Å²) in [7, 11) is 0. The summed E-state index contributed by atoms with van der Waals surface area (Å²) in [6.45, 7) is 0.556. The van der Waals surface area contributed by atoms with Gasteiger partial charge in [0.1, 0.15) is 16.5 Å². The van der Waals surface area contributed by atoms with E-state index in [0.29, 0.717) is 5.56 Å². The Balaban J connectivity index is 0.000000386. The van der Waals surface area contributed by atoms with Crippen molar-refractivity contribution < 1.29 is 20.1 Å². The van der Waals surface area contributed by atoms with Crippen LogP contribution in [-0.2, 0) is 4.79 Å². The molecule has 2 rings (SSSR count). The highest BCUT2D eigenvalue weighted by molar-refractivity contribution is 8.14. The molecular formula is C10H11NO4S. The van der Waals surface area contributed by atoms with E-state index in [-0.39, 0.29) is 18.0 Å². The normalized spacial score (nSPS) is 13.6. The van der Waals surface area contributed by atoms with E-state index in [1.54, 1.807) is 23.9 Å². The molecule has 0 atom stereocenters. The fourth-order valence-electron chi connectivity index (χ4n) is 1.20. The Morgan fingerprint density at radius 3 is 2.56 bits per heavy atom. The lowest BCUT2D eigenvalue weighted by atomic mass is 10.2. The highest BCUT2D eigenvalue weighted by Gasteiger charge is 2.13. The quantitative estimate of drug-likeness (QED) is 0.644. The Morgan fingerprint density at radius 2 is 2.06 bits per heavy atom. The van der Waals surface area contributed by atoms with Gasteiger partial charge in [0.05, 0.1) is 0 Å². The predicted molar refractivity (Wildman–Crippen MR) is 62.3 cm³/mol. The summed E-state index contributed by atoms with van der Waals surface area (Å²) in [5.74, 6) is 1.13. The fourth-order valence-corrected chi connectivity index (χ4v) is 2.09. The lowest BCUT2D eigenvalue weighted by molar-refractivity contribution is -0.122. The first-order valence-electron chi connectivity index (χ1n) is 4.46. The van der Waals surface area contributed by atoms with E-state index in [1.807, 2.05) is 0 Å². The molecule has 1 aliphatic rings. The van der Waals surface area contributed by atoms with Crippen LogP contribution in [0.3, 0.4) is 0 Å². The number of benzene rings is 1. The molecule has 16 heavy (non-hydrogen) atoms. The monoisotopic (exact) mass is 241 g/mol. The second-order valence-electron chi connectivity index (χ2n) is 2.84. The SMILES string of the molecule is O=CO.Oc1ccc(C2=NCCS2)c(O)c1. The molecule has 0 amide bonds. The van der Waals surface area contributed by atoms with E-state index < -0.39 is 0 Å². The van der Waals surface area contributed by atoms with Crippen LogP contribution in [-0.4, -0.2) is 39.1 Å². The van der Waals surface area contributed by atoms with Crippen LogP contribution in [0.25, 0.3) is 0 Å². The first-order chi connectivity index (χ1) is 7.69. The van der Waals surface area contributed by atoms with Gasteiger partial charge in [0.2, 0.25) is 0 Å². The summed E-state index contributed by atoms with van der Waals surface area (Å²) in [6.07, 6.45) is 0. The van der Waals surface area contributed by atoms with Gasteiger partial charge < -0.3 is 15.3 Å². The highest BCUT2D eigenvalue weighted by atomic mass is 32.2. The maximum atomic E-state index is 9.50. The number of hydrogen-bond acceptors (Lipinski definition) is 5. The number of phenols is 2. The molecule has 86 valence electrons. The summed E-state index contributed by atoms with van der Waals surface area (Å²) in [5.41, 5.74) is 0.709. The number of thioether (sulfide) groups is 1. The molecule has 1 aromatic rings. The molecule has 0 unspecified atom stereocenters. The zero-order chi connectivity index (χ0) is 12.0. The molecule has 0 saturated heterocycles.